The molecule has 0 aliphatic heterocycles. The van der Waals surface area contributed by atoms with E-state index in [0.717, 1.165) is 38.5 Å². The number of carbonyl (C=O) groups excluding carboxylic acids is 2. The van der Waals surface area contributed by atoms with Gasteiger partial charge in [-0.3, -0.25) is 9.59 Å². The number of allylic oxidation sites excluding steroid dienone is 4. The summed E-state index contributed by atoms with van der Waals surface area (Å²) in [6.45, 7) is 5.00. The predicted molar refractivity (Wildman–Crippen MR) is 389 cm³/mol. The van der Waals surface area contributed by atoms with Gasteiger partial charge in [0.15, 0.2) is 0 Å². The zero-order valence-corrected chi connectivity index (χ0v) is 60.0. The summed E-state index contributed by atoms with van der Waals surface area (Å²) in [6, 6.07) is -0.540. The van der Waals surface area contributed by atoms with Gasteiger partial charge in [0.05, 0.1) is 25.4 Å². The molecule has 0 aliphatic rings. The molecule has 0 aromatic rings. The number of nitrogens with one attached hydrogen (secondary N) is 1. The minimum atomic E-state index is -0.663. The summed E-state index contributed by atoms with van der Waals surface area (Å²) in [6.07, 6.45) is 99.9. The van der Waals surface area contributed by atoms with E-state index in [1.807, 2.05) is 0 Å². The SMILES string of the molecule is CCCCCCCC/C=C\CCCCCCCCCCCC(=O)OCCCCCCCCCCCCCC/C=C\CCCCCCCCCCCCCCCCCCCC(=O)NC(CO)C(O)CCCCCCCCCCCCCCCCCCCCC. The summed E-state index contributed by atoms with van der Waals surface area (Å²) in [7, 11) is 0. The van der Waals surface area contributed by atoms with E-state index in [4.69, 9.17) is 4.74 Å². The van der Waals surface area contributed by atoms with Gasteiger partial charge < -0.3 is 20.3 Å². The quantitative estimate of drug-likeness (QED) is 0.0320. The highest BCUT2D eigenvalue weighted by Gasteiger charge is 2.20. The fourth-order valence-electron chi connectivity index (χ4n) is 13.0. The van der Waals surface area contributed by atoms with Gasteiger partial charge in [-0.15, -0.1) is 0 Å². The summed E-state index contributed by atoms with van der Waals surface area (Å²) in [5.41, 5.74) is 0. The van der Waals surface area contributed by atoms with Crippen LogP contribution in [0, 0.1) is 0 Å². The fraction of sp³-hybridized carbons (Fsp3) is 0.927. The summed E-state index contributed by atoms with van der Waals surface area (Å²) < 4.78 is 5.52. The van der Waals surface area contributed by atoms with Gasteiger partial charge in [0, 0.05) is 12.8 Å². The molecule has 0 heterocycles. The minimum absolute atomic E-state index is 0.0194. The first-order valence-electron chi connectivity index (χ1n) is 40.6. The molecule has 88 heavy (non-hydrogen) atoms. The standard InChI is InChI=1S/C82H159NO5/c1-3-5-7-9-11-13-15-17-19-21-38-42-46-50-54-58-62-66-70-74-80(85)79(78-84)83-81(86)75-71-67-63-59-55-51-47-43-40-36-34-32-30-28-26-24-23-25-27-29-31-33-35-37-41-45-49-53-57-61-65-69-73-77-88-82(87)76-72-68-64-60-56-52-48-44-39-22-20-18-16-14-12-10-8-6-4-2/h18,20,27,29,79-80,84-85H,3-17,19,21-26,28,30-78H2,1-2H3,(H,83,86)/b20-18-,29-27-. The molecule has 2 unspecified atom stereocenters. The smallest absolute Gasteiger partial charge is 0.305 e. The first-order valence-corrected chi connectivity index (χ1v) is 40.6. The Bertz CT molecular complexity index is 1380. The Hall–Kier alpha value is -1.66. The van der Waals surface area contributed by atoms with E-state index in [1.165, 1.54) is 392 Å². The van der Waals surface area contributed by atoms with E-state index in [1.54, 1.807) is 0 Å². The monoisotopic (exact) mass is 1240 g/mol. The summed E-state index contributed by atoms with van der Waals surface area (Å²) in [4.78, 5) is 24.7. The van der Waals surface area contributed by atoms with Crippen molar-refractivity contribution >= 4 is 11.9 Å². The number of ether oxygens (including phenoxy) is 1. The Morgan fingerprint density at radius 3 is 0.807 bits per heavy atom. The lowest BCUT2D eigenvalue weighted by Crippen LogP contribution is -2.45. The summed E-state index contributed by atoms with van der Waals surface area (Å²) in [5, 5.41) is 23.4. The maximum absolute atomic E-state index is 12.6. The topological polar surface area (TPSA) is 95.9 Å². The van der Waals surface area contributed by atoms with E-state index < -0.39 is 12.1 Å². The molecule has 0 spiro atoms. The third kappa shape index (κ3) is 73.4. The Kier molecular flexibility index (Phi) is 76.3. The average Bonchev–Trinajstić information content (AvgIpc) is 3.58. The normalized spacial score (nSPS) is 12.5. The number of hydrogen-bond acceptors (Lipinski definition) is 5. The molecular weight excluding hydrogens is 1080 g/mol. The van der Waals surface area contributed by atoms with Crippen molar-refractivity contribution < 1.29 is 24.5 Å². The number of esters is 1. The number of carbonyl (C=O) groups is 2. The van der Waals surface area contributed by atoms with Crippen molar-refractivity contribution in [3.8, 4) is 0 Å². The van der Waals surface area contributed by atoms with Crippen LogP contribution in [-0.2, 0) is 14.3 Å². The third-order valence-corrected chi connectivity index (χ3v) is 19.2. The molecule has 0 saturated heterocycles. The van der Waals surface area contributed by atoms with Crippen molar-refractivity contribution in [1.29, 1.82) is 0 Å². The predicted octanol–water partition coefficient (Wildman–Crippen LogP) is 26.8. The van der Waals surface area contributed by atoms with Crippen LogP contribution >= 0.6 is 0 Å². The largest absolute Gasteiger partial charge is 0.466 e. The molecule has 0 bridgehead atoms. The van der Waals surface area contributed by atoms with E-state index in [2.05, 4.69) is 43.5 Å². The molecule has 3 N–H and O–H groups in total. The van der Waals surface area contributed by atoms with Crippen molar-refractivity contribution in [2.75, 3.05) is 13.2 Å². The van der Waals surface area contributed by atoms with Crippen molar-refractivity contribution in [2.45, 2.75) is 475 Å². The maximum Gasteiger partial charge on any atom is 0.305 e. The fourth-order valence-corrected chi connectivity index (χ4v) is 13.0. The third-order valence-electron chi connectivity index (χ3n) is 19.2. The molecule has 0 saturated carbocycles. The van der Waals surface area contributed by atoms with Crippen LogP contribution in [0.3, 0.4) is 0 Å². The first kappa shape index (κ1) is 86.3. The zero-order valence-electron chi connectivity index (χ0n) is 60.0. The second-order valence-electron chi connectivity index (χ2n) is 28.1. The van der Waals surface area contributed by atoms with Crippen LogP contribution in [0.15, 0.2) is 24.3 Å². The van der Waals surface area contributed by atoms with Gasteiger partial charge in [0.1, 0.15) is 0 Å². The van der Waals surface area contributed by atoms with Crippen LogP contribution in [0.5, 0.6) is 0 Å². The summed E-state index contributed by atoms with van der Waals surface area (Å²) in [5.74, 6) is -0.00752. The van der Waals surface area contributed by atoms with Crippen LogP contribution in [0.1, 0.15) is 463 Å². The molecule has 0 radical (unpaired) electrons. The second kappa shape index (κ2) is 77.8. The van der Waals surface area contributed by atoms with Crippen LogP contribution in [0.25, 0.3) is 0 Å². The van der Waals surface area contributed by atoms with Crippen LogP contribution < -0.4 is 5.32 Å². The molecule has 6 heteroatoms. The van der Waals surface area contributed by atoms with Crippen LogP contribution in [0.2, 0.25) is 0 Å². The van der Waals surface area contributed by atoms with Crippen molar-refractivity contribution in [1.82, 2.24) is 5.32 Å². The Balaban J connectivity index is 3.34. The number of hydrogen-bond donors (Lipinski definition) is 3. The van der Waals surface area contributed by atoms with Gasteiger partial charge in [-0.05, 0) is 77.0 Å². The van der Waals surface area contributed by atoms with Gasteiger partial charge in [-0.25, -0.2) is 0 Å². The number of aliphatic hydroxyl groups is 2. The number of aliphatic hydroxyl groups excluding tert-OH is 2. The van der Waals surface area contributed by atoms with Gasteiger partial charge >= 0.3 is 5.97 Å². The van der Waals surface area contributed by atoms with Gasteiger partial charge in [0.25, 0.3) is 0 Å². The molecule has 0 aliphatic carbocycles. The van der Waals surface area contributed by atoms with E-state index in [9.17, 15) is 19.8 Å². The van der Waals surface area contributed by atoms with Gasteiger partial charge in [0.2, 0.25) is 5.91 Å². The second-order valence-corrected chi connectivity index (χ2v) is 28.1. The molecule has 0 aromatic heterocycles. The molecule has 522 valence electrons. The lowest BCUT2D eigenvalue weighted by Gasteiger charge is -2.22. The van der Waals surface area contributed by atoms with Crippen molar-refractivity contribution in [3.63, 3.8) is 0 Å². The molecule has 0 fully saturated rings. The van der Waals surface area contributed by atoms with Gasteiger partial charge in [-0.2, -0.15) is 0 Å². The number of unbranched alkanes of at least 4 members (excludes halogenated alkanes) is 62. The Labute approximate surface area is 551 Å². The van der Waals surface area contributed by atoms with Crippen molar-refractivity contribution in [2.24, 2.45) is 0 Å². The Morgan fingerprint density at radius 2 is 0.534 bits per heavy atom. The molecule has 6 nitrogen and oxygen atoms in total. The van der Waals surface area contributed by atoms with Crippen LogP contribution in [0.4, 0.5) is 0 Å². The highest BCUT2D eigenvalue weighted by atomic mass is 16.5. The molecule has 0 aromatic carbocycles. The molecule has 1 amide bonds. The van der Waals surface area contributed by atoms with Gasteiger partial charge in [-0.1, -0.05) is 398 Å². The highest BCUT2D eigenvalue weighted by Crippen LogP contribution is 2.20. The number of rotatable bonds is 77. The summed E-state index contributed by atoms with van der Waals surface area (Å²) >= 11 is 0. The lowest BCUT2D eigenvalue weighted by molar-refractivity contribution is -0.143. The van der Waals surface area contributed by atoms with Crippen molar-refractivity contribution in [3.05, 3.63) is 24.3 Å². The molecule has 2 atom stereocenters. The maximum atomic E-state index is 12.6. The minimum Gasteiger partial charge on any atom is -0.466 e. The Morgan fingerprint density at radius 1 is 0.307 bits per heavy atom. The van der Waals surface area contributed by atoms with E-state index >= 15 is 0 Å². The lowest BCUT2D eigenvalue weighted by atomic mass is 10.0. The van der Waals surface area contributed by atoms with Crippen LogP contribution in [-0.4, -0.2) is 47.4 Å². The molecule has 0 rings (SSSR count). The van der Waals surface area contributed by atoms with E-state index in [0.29, 0.717) is 25.9 Å². The molecular formula is C82H159NO5. The zero-order chi connectivity index (χ0) is 63.5. The first-order chi connectivity index (χ1) is 43.5. The highest BCUT2D eigenvalue weighted by molar-refractivity contribution is 5.76. The average molecular weight is 1240 g/mol. The number of amides is 1. The van der Waals surface area contributed by atoms with E-state index in [-0.39, 0.29) is 18.5 Å².